The molecule has 0 atom stereocenters. The molecule has 1 nitrogen and oxygen atoms in total. The Hall–Kier alpha value is -3.48. The minimum Gasteiger partial charge on any atom is -0.497 e. The second kappa shape index (κ2) is 7.65. The number of hydrogen-bond acceptors (Lipinski definition) is 1. The van der Waals surface area contributed by atoms with Gasteiger partial charge in [-0.2, -0.15) is 13.2 Å². The van der Waals surface area contributed by atoms with Gasteiger partial charge in [-0.15, -0.1) is 0 Å². The molecule has 0 radical (unpaired) electrons. The first kappa shape index (κ1) is 20.8. The Kier molecular flexibility index (Phi) is 5.13. The van der Waals surface area contributed by atoms with Crippen LogP contribution in [0.1, 0.15) is 5.56 Å². The van der Waals surface area contributed by atoms with Crippen LogP contribution in [0.4, 0.5) is 26.3 Å². The van der Waals surface area contributed by atoms with Gasteiger partial charge in [0, 0.05) is 22.6 Å². The van der Waals surface area contributed by atoms with E-state index in [9.17, 15) is 26.3 Å². The summed E-state index contributed by atoms with van der Waals surface area (Å²) in [5.41, 5.74) is -0.356. The van der Waals surface area contributed by atoms with Crippen LogP contribution >= 0.6 is 0 Å². The summed E-state index contributed by atoms with van der Waals surface area (Å²) in [6, 6.07) is 14.1. The number of ether oxygens (including phenoxy) is 1. The molecule has 0 aliphatic carbocycles. The van der Waals surface area contributed by atoms with Gasteiger partial charge in [-0.25, -0.2) is 13.2 Å². The van der Waals surface area contributed by atoms with Crippen LogP contribution in [0, 0.1) is 17.5 Å². The standard InChI is InChI=1S/C24H14F6O/c1-31-16-5-8-18(22(26)12-16)15-2-6-17(21(25)11-15)13-3-7-19-14(10-13)4-9-20(23(19)27)24(28,29)30/h2-12H,1H3. The zero-order chi connectivity index (χ0) is 22.3. The smallest absolute Gasteiger partial charge is 0.419 e. The van der Waals surface area contributed by atoms with Gasteiger partial charge >= 0.3 is 6.18 Å². The van der Waals surface area contributed by atoms with Crippen LogP contribution in [0.3, 0.4) is 0 Å². The molecular weight excluding hydrogens is 418 g/mol. The molecule has 4 rings (SSSR count). The van der Waals surface area contributed by atoms with E-state index in [-0.39, 0.29) is 21.9 Å². The van der Waals surface area contributed by atoms with E-state index in [4.69, 9.17) is 4.74 Å². The third-order valence-corrected chi connectivity index (χ3v) is 5.03. The van der Waals surface area contributed by atoms with Gasteiger partial charge in [0.1, 0.15) is 23.2 Å². The maximum Gasteiger partial charge on any atom is 0.419 e. The average Bonchev–Trinajstić information content (AvgIpc) is 2.72. The monoisotopic (exact) mass is 432 g/mol. The first-order chi connectivity index (χ1) is 14.7. The van der Waals surface area contributed by atoms with Crippen LogP contribution in [0.5, 0.6) is 5.75 Å². The van der Waals surface area contributed by atoms with Crippen molar-refractivity contribution < 1.29 is 31.1 Å². The lowest BCUT2D eigenvalue weighted by Gasteiger charge is -2.12. The fourth-order valence-corrected chi connectivity index (χ4v) is 3.45. The zero-order valence-corrected chi connectivity index (χ0v) is 16.0. The lowest BCUT2D eigenvalue weighted by atomic mass is 9.96. The first-order valence-corrected chi connectivity index (χ1v) is 9.12. The number of halogens is 6. The van der Waals surface area contributed by atoms with Crippen LogP contribution in [-0.2, 0) is 6.18 Å². The molecule has 0 N–H and O–H groups in total. The van der Waals surface area contributed by atoms with E-state index in [1.807, 2.05) is 0 Å². The van der Waals surface area contributed by atoms with Crippen molar-refractivity contribution in [2.75, 3.05) is 7.11 Å². The third-order valence-electron chi connectivity index (χ3n) is 5.03. The van der Waals surface area contributed by atoms with Crippen LogP contribution in [0.15, 0.2) is 66.7 Å². The second-order valence-electron chi connectivity index (χ2n) is 6.90. The normalized spacial score (nSPS) is 11.7. The summed E-state index contributed by atoms with van der Waals surface area (Å²) < 4.78 is 87.0. The molecule has 0 aliphatic heterocycles. The summed E-state index contributed by atoms with van der Waals surface area (Å²) in [5, 5.41) is -0.0106. The molecule has 0 fully saturated rings. The largest absolute Gasteiger partial charge is 0.497 e. The van der Waals surface area contributed by atoms with E-state index in [0.29, 0.717) is 22.9 Å². The van der Waals surface area contributed by atoms with Gasteiger partial charge < -0.3 is 4.74 Å². The van der Waals surface area contributed by atoms with E-state index < -0.39 is 29.2 Å². The number of hydrogen-bond donors (Lipinski definition) is 0. The van der Waals surface area contributed by atoms with Crippen molar-refractivity contribution in [2.24, 2.45) is 0 Å². The van der Waals surface area contributed by atoms with Crippen LogP contribution in [-0.4, -0.2) is 7.11 Å². The SMILES string of the molecule is COc1ccc(-c2ccc(-c3ccc4c(F)c(C(F)(F)F)ccc4c3)c(F)c2)c(F)c1. The van der Waals surface area contributed by atoms with Crippen molar-refractivity contribution in [3.63, 3.8) is 0 Å². The predicted molar refractivity (Wildman–Crippen MR) is 106 cm³/mol. The molecule has 0 spiro atoms. The minimum atomic E-state index is -4.81. The van der Waals surface area contributed by atoms with E-state index in [2.05, 4.69) is 0 Å². The molecule has 0 saturated carbocycles. The Labute approximate surface area is 173 Å². The zero-order valence-electron chi connectivity index (χ0n) is 16.0. The summed E-state index contributed by atoms with van der Waals surface area (Å²) >= 11 is 0. The number of alkyl halides is 3. The van der Waals surface area contributed by atoms with Crippen LogP contribution < -0.4 is 4.74 Å². The van der Waals surface area contributed by atoms with Crippen LogP contribution in [0.2, 0.25) is 0 Å². The van der Waals surface area contributed by atoms with Gasteiger partial charge in [-0.3, -0.25) is 0 Å². The number of methoxy groups -OCH3 is 1. The predicted octanol–water partition coefficient (Wildman–Crippen LogP) is 7.62. The van der Waals surface area contributed by atoms with Gasteiger partial charge in [-0.1, -0.05) is 30.3 Å². The second-order valence-corrected chi connectivity index (χ2v) is 6.90. The lowest BCUT2D eigenvalue weighted by molar-refractivity contribution is -0.139. The number of benzene rings is 4. The number of rotatable bonds is 3. The molecule has 0 unspecified atom stereocenters. The molecule has 0 amide bonds. The van der Waals surface area contributed by atoms with Crippen molar-refractivity contribution in [1.82, 2.24) is 0 Å². The molecule has 0 aromatic heterocycles. The molecule has 0 bridgehead atoms. The molecule has 4 aromatic rings. The Morgan fingerprint density at radius 3 is 1.90 bits per heavy atom. The van der Waals surface area contributed by atoms with Gasteiger partial charge in [0.15, 0.2) is 0 Å². The van der Waals surface area contributed by atoms with Crippen molar-refractivity contribution in [3.05, 3.63) is 89.7 Å². The number of fused-ring (bicyclic) bond motifs is 1. The fraction of sp³-hybridized carbons (Fsp3) is 0.0833. The highest BCUT2D eigenvalue weighted by molar-refractivity contribution is 5.89. The Morgan fingerprint density at radius 1 is 0.677 bits per heavy atom. The maximum absolute atomic E-state index is 14.8. The fourth-order valence-electron chi connectivity index (χ4n) is 3.45. The van der Waals surface area contributed by atoms with E-state index >= 15 is 0 Å². The summed E-state index contributed by atoms with van der Waals surface area (Å²) in [6.45, 7) is 0. The van der Waals surface area contributed by atoms with E-state index in [1.54, 1.807) is 6.07 Å². The summed E-state index contributed by atoms with van der Waals surface area (Å²) in [7, 11) is 1.41. The average molecular weight is 432 g/mol. The first-order valence-electron chi connectivity index (χ1n) is 9.12. The molecule has 7 heteroatoms. The maximum atomic E-state index is 14.8. The highest BCUT2D eigenvalue weighted by Gasteiger charge is 2.34. The van der Waals surface area contributed by atoms with Gasteiger partial charge in [0.05, 0.1) is 12.7 Å². The highest BCUT2D eigenvalue weighted by atomic mass is 19.4. The van der Waals surface area contributed by atoms with Gasteiger partial charge in [-0.05, 0) is 46.8 Å². The molecule has 0 aliphatic rings. The van der Waals surface area contributed by atoms with Crippen molar-refractivity contribution in [2.45, 2.75) is 6.18 Å². The van der Waals surface area contributed by atoms with Gasteiger partial charge in [0.25, 0.3) is 0 Å². The van der Waals surface area contributed by atoms with Crippen LogP contribution in [0.25, 0.3) is 33.0 Å². The Bertz CT molecular complexity index is 1290. The molecular formula is C24H14F6O. The van der Waals surface area contributed by atoms with Crippen molar-refractivity contribution >= 4 is 10.8 Å². The Balaban J connectivity index is 1.75. The summed E-state index contributed by atoms with van der Waals surface area (Å²) in [4.78, 5) is 0. The summed E-state index contributed by atoms with van der Waals surface area (Å²) in [5.74, 6) is -2.27. The topological polar surface area (TPSA) is 9.23 Å². The third kappa shape index (κ3) is 3.83. The molecule has 31 heavy (non-hydrogen) atoms. The highest BCUT2D eigenvalue weighted by Crippen LogP contribution is 2.36. The molecule has 4 aromatic carbocycles. The Morgan fingerprint density at radius 2 is 1.29 bits per heavy atom. The van der Waals surface area contributed by atoms with E-state index in [0.717, 1.165) is 12.1 Å². The molecule has 0 heterocycles. The quantitative estimate of drug-likeness (QED) is 0.303. The van der Waals surface area contributed by atoms with Gasteiger partial charge in [0.2, 0.25) is 0 Å². The summed E-state index contributed by atoms with van der Waals surface area (Å²) in [6.07, 6.45) is -4.81. The van der Waals surface area contributed by atoms with Crippen molar-refractivity contribution in [1.29, 1.82) is 0 Å². The van der Waals surface area contributed by atoms with E-state index in [1.165, 1.54) is 49.6 Å². The van der Waals surface area contributed by atoms with Crippen molar-refractivity contribution in [3.8, 4) is 28.0 Å². The lowest BCUT2D eigenvalue weighted by Crippen LogP contribution is -2.08. The molecule has 158 valence electrons. The minimum absolute atomic E-state index is 0.153. The molecule has 0 saturated heterocycles.